The van der Waals surface area contributed by atoms with Crippen molar-refractivity contribution in [3.8, 4) is 5.75 Å². The summed E-state index contributed by atoms with van der Waals surface area (Å²) in [6.45, 7) is 4.09. The van der Waals surface area contributed by atoms with Crippen LogP contribution >= 0.6 is 0 Å². The Bertz CT molecular complexity index is 374. The smallest absolute Gasteiger partial charge is 0.123 e. The highest BCUT2D eigenvalue weighted by Gasteiger charge is 2.20. The Morgan fingerprint density at radius 1 is 1.27 bits per heavy atom. The third-order valence-corrected chi connectivity index (χ3v) is 3.11. The van der Waals surface area contributed by atoms with Gasteiger partial charge in [-0.25, -0.2) is 0 Å². The Morgan fingerprint density at radius 3 is 2.80 bits per heavy atom. The normalized spacial score (nSPS) is 21.1. The first-order valence-corrected chi connectivity index (χ1v) is 5.49. The number of hydrogen-bond acceptors (Lipinski definition) is 3. The molecule has 2 aliphatic heterocycles. The molecule has 0 bridgehead atoms. The van der Waals surface area contributed by atoms with E-state index in [0.717, 1.165) is 31.9 Å². The van der Waals surface area contributed by atoms with Crippen LogP contribution in [-0.4, -0.2) is 31.1 Å². The maximum atomic E-state index is 5.83. The molecule has 1 fully saturated rings. The molecule has 3 nitrogen and oxygen atoms in total. The number of ether oxygens (including phenoxy) is 1. The molecular weight excluding hydrogens is 188 g/mol. The fourth-order valence-electron chi connectivity index (χ4n) is 2.15. The molecule has 1 saturated heterocycles. The van der Waals surface area contributed by atoms with Crippen LogP contribution in [-0.2, 0) is 13.1 Å². The summed E-state index contributed by atoms with van der Waals surface area (Å²) >= 11 is 0. The molecule has 0 aliphatic carbocycles. The Kier molecular flexibility index (Phi) is 2.15. The fourth-order valence-corrected chi connectivity index (χ4v) is 2.15. The van der Waals surface area contributed by atoms with Crippen LogP contribution in [0.4, 0.5) is 0 Å². The molecule has 3 rings (SSSR count). The molecule has 0 spiro atoms. The lowest BCUT2D eigenvalue weighted by Crippen LogP contribution is -2.50. The number of nitrogens with one attached hydrogen (secondary N) is 1. The van der Waals surface area contributed by atoms with E-state index in [4.69, 9.17) is 4.74 Å². The molecule has 15 heavy (non-hydrogen) atoms. The standard InChI is InChI=1S/C12H16N2O/c1-14-7-9-2-3-11(4-10(9)8-14)15-12-5-13-6-12/h2-4,12-13H,5-8H2,1H3. The average molecular weight is 204 g/mol. The summed E-state index contributed by atoms with van der Waals surface area (Å²) < 4.78 is 5.83. The molecule has 1 aromatic carbocycles. The number of fused-ring (bicyclic) bond motifs is 1. The van der Waals surface area contributed by atoms with Gasteiger partial charge in [-0.1, -0.05) is 6.07 Å². The molecule has 2 aliphatic rings. The molecule has 3 heteroatoms. The Balaban J connectivity index is 1.77. The average Bonchev–Trinajstić information content (AvgIpc) is 2.50. The van der Waals surface area contributed by atoms with E-state index < -0.39 is 0 Å². The zero-order chi connectivity index (χ0) is 10.3. The van der Waals surface area contributed by atoms with Crippen LogP contribution in [0.1, 0.15) is 11.1 Å². The number of rotatable bonds is 2. The molecular formula is C12H16N2O. The van der Waals surface area contributed by atoms with Crippen LogP contribution in [0.2, 0.25) is 0 Å². The molecule has 1 aromatic rings. The van der Waals surface area contributed by atoms with Crippen molar-refractivity contribution in [1.82, 2.24) is 10.2 Å². The third kappa shape index (κ3) is 1.73. The van der Waals surface area contributed by atoms with Crippen molar-refractivity contribution >= 4 is 0 Å². The zero-order valence-electron chi connectivity index (χ0n) is 8.99. The van der Waals surface area contributed by atoms with E-state index in [1.165, 1.54) is 11.1 Å². The topological polar surface area (TPSA) is 24.5 Å². The molecule has 0 saturated carbocycles. The van der Waals surface area contributed by atoms with Gasteiger partial charge in [0.15, 0.2) is 0 Å². The van der Waals surface area contributed by atoms with Gasteiger partial charge in [0.25, 0.3) is 0 Å². The summed E-state index contributed by atoms with van der Waals surface area (Å²) in [5.74, 6) is 1.02. The SMILES string of the molecule is CN1Cc2ccc(OC3CNC3)cc2C1. The predicted octanol–water partition coefficient (Wildman–Crippen LogP) is 0.983. The van der Waals surface area contributed by atoms with Crippen molar-refractivity contribution in [2.75, 3.05) is 20.1 Å². The lowest BCUT2D eigenvalue weighted by molar-refractivity contribution is 0.142. The van der Waals surface area contributed by atoms with Crippen molar-refractivity contribution in [2.45, 2.75) is 19.2 Å². The maximum absolute atomic E-state index is 5.83. The largest absolute Gasteiger partial charge is 0.488 e. The number of hydrogen-bond donors (Lipinski definition) is 1. The Labute approximate surface area is 90.0 Å². The lowest BCUT2D eigenvalue weighted by atomic mass is 10.1. The summed E-state index contributed by atoms with van der Waals surface area (Å²) in [7, 11) is 2.15. The summed E-state index contributed by atoms with van der Waals surface area (Å²) in [6, 6.07) is 6.48. The minimum atomic E-state index is 0.377. The van der Waals surface area contributed by atoms with Crippen LogP contribution in [0.5, 0.6) is 5.75 Å². The fraction of sp³-hybridized carbons (Fsp3) is 0.500. The second-order valence-electron chi connectivity index (χ2n) is 4.50. The minimum absolute atomic E-state index is 0.377. The third-order valence-electron chi connectivity index (χ3n) is 3.11. The molecule has 2 heterocycles. The van der Waals surface area contributed by atoms with Gasteiger partial charge in [0, 0.05) is 26.2 Å². The summed E-state index contributed by atoms with van der Waals surface area (Å²) in [5, 5.41) is 3.21. The van der Waals surface area contributed by atoms with Crippen molar-refractivity contribution in [3.05, 3.63) is 29.3 Å². The summed E-state index contributed by atoms with van der Waals surface area (Å²) in [4.78, 5) is 2.32. The first-order chi connectivity index (χ1) is 7.31. The monoisotopic (exact) mass is 204 g/mol. The maximum Gasteiger partial charge on any atom is 0.123 e. The van der Waals surface area contributed by atoms with Crippen LogP contribution in [0, 0.1) is 0 Å². The van der Waals surface area contributed by atoms with Crippen LogP contribution < -0.4 is 10.1 Å². The van der Waals surface area contributed by atoms with E-state index in [2.05, 4.69) is 35.5 Å². The predicted molar refractivity (Wildman–Crippen MR) is 58.9 cm³/mol. The molecule has 0 unspecified atom stereocenters. The van der Waals surface area contributed by atoms with Gasteiger partial charge in [0.2, 0.25) is 0 Å². The lowest BCUT2D eigenvalue weighted by Gasteiger charge is -2.27. The molecule has 0 aromatic heterocycles. The van der Waals surface area contributed by atoms with Gasteiger partial charge in [-0.15, -0.1) is 0 Å². The molecule has 0 radical (unpaired) electrons. The number of nitrogens with zero attached hydrogens (tertiary/aromatic N) is 1. The van der Waals surface area contributed by atoms with Crippen molar-refractivity contribution < 1.29 is 4.74 Å². The highest BCUT2D eigenvalue weighted by Crippen LogP contribution is 2.26. The van der Waals surface area contributed by atoms with Crippen LogP contribution in [0.15, 0.2) is 18.2 Å². The molecule has 80 valence electrons. The Hall–Kier alpha value is -1.06. The van der Waals surface area contributed by atoms with E-state index in [-0.39, 0.29) is 0 Å². The second kappa shape index (κ2) is 3.51. The zero-order valence-corrected chi connectivity index (χ0v) is 8.99. The molecule has 1 N–H and O–H groups in total. The van der Waals surface area contributed by atoms with Gasteiger partial charge >= 0.3 is 0 Å². The van der Waals surface area contributed by atoms with E-state index in [9.17, 15) is 0 Å². The summed E-state index contributed by atoms with van der Waals surface area (Å²) in [6.07, 6.45) is 0.377. The van der Waals surface area contributed by atoms with Crippen molar-refractivity contribution in [2.24, 2.45) is 0 Å². The molecule has 0 amide bonds. The van der Waals surface area contributed by atoms with E-state index in [1.807, 2.05) is 0 Å². The highest BCUT2D eigenvalue weighted by molar-refractivity contribution is 5.38. The van der Waals surface area contributed by atoms with Gasteiger partial charge < -0.3 is 10.1 Å². The van der Waals surface area contributed by atoms with Gasteiger partial charge in [-0.05, 0) is 30.3 Å². The van der Waals surface area contributed by atoms with Crippen LogP contribution in [0.3, 0.4) is 0 Å². The van der Waals surface area contributed by atoms with E-state index >= 15 is 0 Å². The van der Waals surface area contributed by atoms with Gasteiger partial charge in [-0.3, -0.25) is 4.90 Å². The van der Waals surface area contributed by atoms with Gasteiger partial charge in [0.1, 0.15) is 11.9 Å². The van der Waals surface area contributed by atoms with Gasteiger partial charge in [-0.2, -0.15) is 0 Å². The summed E-state index contributed by atoms with van der Waals surface area (Å²) in [5.41, 5.74) is 2.86. The van der Waals surface area contributed by atoms with Crippen molar-refractivity contribution in [1.29, 1.82) is 0 Å². The van der Waals surface area contributed by atoms with E-state index in [1.54, 1.807) is 0 Å². The molecule has 0 atom stereocenters. The van der Waals surface area contributed by atoms with Crippen molar-refractivity contribution in [3.63, 3.8) is 0 Å². The minimum Gasteiger partial charge on any atom is -0.488 e. The van der Waals surface area contributed by atoms with E-state index in [0.29, 0.717) is 6.10 Å². The first-order valence-electron chi connectivity index (χ1n) is 5.49. The second-order valence-corrected chi connectivity index (χ2v) is 4.50. The quantitative estimate of drug-likeness (QED) is 0.777. The number of benzene rings is 1. The van der Waals surface area contributed by atoms with Gasteiger partial charge in [0.05, 0.1) is 0 Å². The Morgan fingerprint density at radius 2 is 2.07 bits per heavy atom. The first kappa shape index (κ1) is 9.19. The highest BCUT2D eigenvalue weighted by atomic mass is 16.5. The van der Waals surface area contributed by atoms with Crippen LogP contribution in [0.25, 0.3) is 0 Å².